The summed E-state index contributed by atoms with van der Waals surface area (Å²) < 4.78 is 0. The molecule has 0 spiro atoms. The van der Waals surface area contributed by atoms with Crippen molar-refractivity contribution in [3.8, 4) is 0 Å². The van der Waals surface area contributed by atoms with E-state index in [2.05, 4.69) is 5.32 Å². The van der Waals surface area contributed by atoms with Gasteiger partial charge in [-0.1, -0.05) is 17.7 Å². The molecule has 118 valence electrons. The largest absolute Gasteiger partial charge is 0.345 e. The van der Waals surface area contributed by atoms with Gasteiger partial charge in [0.1, 0.15) is 0 Å². The van der Waals surface area contributed by atoms with Gasteiger partial charge in [-0.05, 0) is 36.2 Å². The van der Waals surface area contributed by atoms with Crippen molar-refractivity contribution in [2.75, 3.05) is 5.75 Å². The van der Waals surface area contributed by atoms with Crippen LogP contribution in [0.15, 0.2) is 47.4 Å². The zero-order chi connectivity index (χ0) is 16.4. The topological polar surface area (TPSA) is 72.2 Å². The number of carbonyl (C=O) groups excluding carboxylic acids is 1. The van der Waals surface area contributed by atoms with E-state index in [0.717, 1.165) is 22.6 Å². The first kappa shape index (κ1) is 15.8. The fourth-order valence-corrected chi connectivity index (χ4v) is 3.80. The molecule has 1 atom stereocenters. The van der Waals surface area contributed by atoms with Gasteiger partial charge in [0.2, 0.25) is 0 Å². The number of nitro benzene ring substituents is 1. The summed E-state index contributed by atoms with van der Waals surface area (Å²) >= 11 is 7.79. The summed E-state index contributed by atoms with van der Waals surface area (Å²) in [6, 6.07) is 11.2. The lowest BCUT2D eigenvalue weighted by Crippen LogP contribution is -2.30. The number of non-ortho nitro benzene ring substituents is 1. The maximum absolute atomic E-state index is 12.4. The smallest absolute Gasteiger partial charge is 0.270 e. The number of rotatable bonds is 3. The minimum Gasteiger partial charge on any atom is -0.345 e. The molecule has 0 saturated heterocycles. The maximum Gasteiger partial charge on any atom is 0.270 e. The van der Waals surface area contributed by atoms with Gasteiger partial charge in [-0.2, -0.15) is 0 Å². The molecule has 1 amide bonds. The lowest BCUT2D eigenvalue weighted by Gasteiger charge is -2.26. The van der Waals surface area contributed by atoms with E-state index in [0.29, 0.717) is 5.02 Å². The van der Waals surface area contributed by atoms with Crippen LogP contribution in [-0.4, -0.2) is 16.6 Å². The Labute approximate surface area is 142 Å². The Balaban J connectivity index is 1.83. The van der Waals surface area contributed by atoms with Gasteiger partial charge in [0.25, 0.3) is 11.6 Å². The Kier molecular flexibility index (Phi) is 4.54. The molecule has 1 N–H and O–H groups in total. The van der Waals surface area contributed by atoms with Gasteiger partial charge >= 0.3 is 0 Å². The first-order chi connectivity index (χ1) is 11.0. The van der Waals surface area contributed by atoms with Crippen molar-refractivity contribution in [2.24, 2.45) is 0 Å². The predicted octanol–water partition coefficient (Wildman–Crippen LogP) is 4.22. The first-order valence-electron chi connectivity index (χ1n) is 7.02. The number of nitrogens with zero attached hydrogens (tertiary/aromatic N) is 1. The number of fused-ring (bicyclic) bond motifs is 1. The van der Waals surface area contributed by atoms with Crippen LogP contribution in [0.3, 0.4) is 0 Å². The van der Waals surface area contributed by atoms with Crippen LogP contribution in [0.2, 0.25) is 5.02 Å². The minimum absolute atomic E-state index is 0.0969. The van der Waals surface area contributed by atoms with Crippen molar-refractivity contribution in [2.45, 2.75) is 17.4 Å². The zero-order valence-corrected chi connectivity index (χ0v) is 13.6. The van der Waals surface area contributed by atoms with E-state index in [1.54, 1.807) is 17.8 Å². The summed E-state index contributed by atoms with van der Waals surface area (Å²) in [6.45, 7) is 0. The fourth-order valence-electron chi connectivity index (χ4n) is 2.52. The maximum atomic E-state index is 12.4. The lowest BCUT2D eigenvalue weighted by molar-refractivity contribution is -0.384. The van der Waals surface area contributed by atoms with Gasteiger partial charge in [-0.25, -0.2) is 0 Å². The van der Waals surface area contributed by atoms with E-state index in [9.17, 15) is 14.9 Å². The van der Waals surface area contributed by atoms with E-state index in [1.807, 2.05) is 18.2 Å². The highest BCUT2D eigenvalue weighted by molar-refractivity contribution is 7.99. The molecule has 0 aliphatic carbocycles. The minimum atomic E-state index is -0.511. The Morgan fingerprint density at radius 2 is 2.13 bits per heavy atom. The number of nitrogens with one attached hydrogen (secondary N) is 1. The second-order valence-electron chi connectivity index (χ2n) is 5.15. The predicted molar refractivity (Wildman–Crippen MR) is 90.1 cm³/mol. The molecule has 1 unspecified atom stereocenters. The average Bonchev–Trinajstić information content (AvgIpc) is 2.55. The molecule has 2 aromatic rings. The number of amides is 1. The third-order valence-electron chi connectivity index (χ3n) is 3.64. The summed E-state index contributed by atoms with van der Waals surface area (Å²) in [5.41, 5.74) is 1.17. The van der Waals surface area contributed by atoms with Crippen LogP contribution in [0.1, 0.15) is 28.4 Å². The molecule has 5 nitrogen and oxygen atoms in total. The van der Waals surface area contributed by atoms with Crippen LogP contribution in [0.25, 0.3) is 0 Å². The van der Waals surface area contributed by atoms with Crippen LogP contribution in [-0.2, 0) is 0 Å². The van der Waals surface area contributed by atoms with Gasteiger partial charge in [0, 0.05) is 33.4 Å². The molecule has 0 saturated carbocycles. The summed E-state index contributed by atoms with van der Waals surface area (Å²) in [5.74, 6) is 0.575. The highest BCUT2D eigenvalue weighted by atomic mass is 35.5. The molecular weight excluding hydrogens is 336 g/mol. The number of nitro groups is 1. The third-order valence-corrected chi connectivity index (χ3v) is 4.99. The van der Waals surface area contributed by atoms with Crippen LogP contribution in [0.5, 0.6) is 0 Å². The third kappa shape index (κ3) is 3.48. The van der Waals surface area contributed by atoms with Crippen LogP contribution in [0, 0.1) is 10.1 Å². The van der Waals surface area contributed by atoms with Crippen molar-refractivity contribution >= 4 is 35.0 Å². The monoisotopic (exact) mass is 348 g/mol. The summed E-state index contributed by atoms with van der Waals surface area (Å²) in [4.78, 5) is 23.8. The van der Waals surface area contributed by atoms with Crippen LogP contribution >= 0.6 is 23.4 Å². The van der Waals surface area contributed by atoms with Crippen molar-refractivity contribution in [1.29, 1.82) is 0 Å². The highest BCUT2D eigenvalue weighted by Crippen LogP contribution is 2.37. The number of thioether (sulfide) groups is 1. The SMILES string of the molecule is O=C(NC1CCSc2ccc(Cl)cc21)c1cccc([N+](=O)[O-])c1. The summed E-state index contributed by atoms with van der Waals surface area (Å²) in [5, 5.41) is 14.4. The van der Waals surface area contributed by atoms with Crippen LogP contribution < -0.4 is 5.32 Å². The van der Waals surface area contributed by atoms with E-state index in [4.69, 9.17) is 11.6 Å². The van der Waals surface area contributed by atoms with Crippen molar-refractivity contribution < 1.29 is 9.72 Å². The number of benzene rings is 2. The number of carbonyl (C=O) groups is 1. The Morgan fingerprint density at radius 3 is 2.91 bits per heavy atom. The van der Waals surface area contributed by atoms with Gasteiger partial charge in [-0.15, -0.1) is 11.8 Å². The Morgan fingerprint density at radius 1 is 1.30 bits per heavy atom. The van der Waals surface area contributed by atoms with E-state index in [-0.39, 0.29) is 23.2 Å². The number of hydrogen-bond acceptors (Lipinski definition) is 4. The standard InChI is InChI=1S/C16H13ClN2O3S/c17-11-4-5-15-13(9-11)14(6-7-23-15)18-16(20)10-2-1-3-12(8-10)19(21)22/h1-5,8-9,14H,6-7H2,(H,18,20). The molecule has 2 aromatic carbocycles. The Bertz CT molecular complexity index is 782. The molecule has 1 aliphatic heterocycles. The summed E-state index contributed by atoms with van der Waals surface area (Å²) in [7, 11) is 0. The second kappa shape index (κ2) is 6.60. The summed E-state index contributed by atoms with van der Waals surface area (Å²) in [6.07, 6.45) is 0.790. The van der Waals surface area contributed by atoms with Gasteiger partial charge in [-0.3, -0.25) is 14.9 Å². The molecule has 0 aromatic heterocycles. The van der Waals surface area contributed by atoms with E-state index >= 15 is 0 Å². The molecule has 1 aliphatic rings. The molecule has 3 rings (SSSR count). The average molecular weight is 349 g/mol. The molecule has 0 bridgehead atoms. The van der Waals surface area contributed by atoms with Crippen molar-refractivity contribution in [3.63, 3.8) is 0 Å². The number of halogens is 1. The van der Waals surface area contributed by atoms with Gasteiger partial charge < -0.3 is 5.32 Å². The molecular formula is C16H13ClN2O3S. The van der Waals surface area contributed by atoms with E-state index in [1.165, 1.54) is 18.2 Å². The molecule has 23 heavy (non-hydrogen) atoms. The second-order valence-corrected chi connectivity index (χ2v) is 6.73. The van der Waals surface area contributed by atoms with Gasteiger partial charge in [0.15, 0.2) is 0 Å². The fraction of sp³-hybridized carbons (Fsp3) is 0.188. The lowest BCUT2D eigenvalue weighted by atomic mass is 10.0. The first-order valence-corrected chi connectivity index (χ1v) is 8.38. The normalized spacial score (nSPS) is 16.5. The van der Waals surface area contributed by atoms with Gasteiger partial charge in [0.05, 0.1) is 11.0 Å². The Hall–Kier alpha value is -2.05. The molecule has 0 fully saturated rings. The molecule has 0 radical (unpaired) electrons. The quantitative estimate of drug-likeness (QED) is 0.666. The van der Waals surface area contributed by atoms with Crippen molar-refractivity contribution in [1.82, 2.24) is 5.32 Å². The molecule has 7 heteroatoms. The molecule has 1 heterocycles. The van der Waals surface area contributed by atoms with E-state index < -0.39 is 4.92 Å². The highest BCUT2D eigenvalue weighted by Gasteiger charge is 2.23. The number of hydrogen-bond donors (Lipinski definition) is 1. The zero-order valence-electron chi connectivity index (χ0n) is 12.0. The van der Waals surface area contributed by atoms with Crippen LogP contribution in [0.4, 0.5) is 5.69 Å². The van der Waals surface area contributed by atoms with Crippen molar-refractivity contribution in [3.05, 3.63) is 68.7 Å².